The van der Waals surface area contributed by atoms with Crippen molar-refractivity contribution in [1.29, 1.82) is 0 Å². The molecule has 1 aromatic rings. The lowest BCUT2D eigenvalue weighted by molar-refractivity contribution is -0.0929. The van der Waals surface area contributed by atoms with Crippen LogP contribution in [0.4, 0.5) is 0 Å². The van der Waals surface area contributed by atoms with Gasteiger partial charge in [0.2, 0.25) is 0 Å². The fourth-order valence-electron chi connectivity index (χ4n) is 3.10. The molecule has 1 saturated carbocycles. The first-order chi connectivity index (χ1) is 9.60. The first-order valence-electron chi connectivity index (χ1n) is 7.35. The van der Waals surface area contributed by atoms with Crippen LogP contribution in [-0.2, 0) is 5.60 Å². The highest BCUT2D eigenvalue weighted by Gasteiger charge is 2.43. The normalized spacial score (nSPS) is 30.2. The molecule has 0 aliphatic heterocycles. The molecule has 4 heteroatoms. The molecule has 0 aromatic heterocycles. The van der Waals surface area contributed by atoms with Gasteiger partial charge < -0.3 is 20.3 Å². The van der Waals surface area contributed by atoms with Crippen molar-refractivity contribution in [2.24, 2.45) is 5.92 Å². The summed E-state index contributed by atoms with van der Waals surface area (Å²) in [4.78, 5) is 0. The predicted molar refractivity (Wildman–Crippen MR) is 78.8 cm³/mol. The summed E-state index contributed by atoms with van der Waals surface area (Å²) in [5, 5.41) is 24.4. The standard InChI is InChI=1S/C16H25NO3/c1-3-17-11-13-7-8-14(18)10-16(13,19)12-5-4-6-15(9-12)20-2/h4-6,9,13-14,17-19H,3,7-8,10-11H2,1-2H3. The first-order valence-corrected chi connectivity index (χ1v) is 7.35. The molecule has 1 aliphatic rings. The summed E-state index contributed by atoms with van der Waals surface area (Å²) >= 11 is 0. The van der Waals surface area contributed by atoms with Crippen LogP contribution in [0, 0.1) is 5.92 Å². The molecule has 1 aliphatic carbocycles. The molecule has 0 amide bonds. The number of hydrogen-bond donors (Lipinski definition) is 3. The smallest absolute Gasteiger partial charge is 0.119 e. The van der Waals surface area contributed by atoms with Gasteiger partial charge in [-0.25, -0.2) is 0 Å². The quantitative estimate of drug-likeness (QED) is 0.767. The monoisotopic (exact) mass is 279 g/mol. The zero-order chi connectivity index (χ0) is 14.6. The van der Waals surface area contributed by atoms with Gasteiger partial charge in [-0.2, -0.15) is 0 Å². The van der Waals surface area contributed by atoms with E-state index in [9.17, 15) is 10.2 Å². The van der Waals surface area contributed by atoms with Crippen LogP contribution in [-0.4, -0.2) is 36.5 Å². The van der Waals surface area contributed by atoms with E-state index in [-0.39, 0.29) is 5.92 Å². The third-order valence-corrected chi connectivity index (χ3v) is 4.28. The van der Waals surface area contributed by atoms with E-state index >= 15 is 0 Å². The van der Waals surface area contributed by atoms with E-state index in [2.05, 4.69) is 12.2 Å². The number of aliphatic hydroxyl groups excluding tert-OH is 1. The molecule has 3 atom stereocenters. The lowest BCUT2D eigenvalue weighted by Gasteiger charge is -2.42. The Kier molecular flexibility index (Phi) is 5.02. The van der Waals surface area contributed by atoms with Crippen molar-refractivity contribution in [3.05, 3.63) is 29.8 Å². The van der Waals surface area contributed by atoms with E-state index in [1.54, 1.807) is 7.11 Å². The third-order valence-electron chi connectivity index (χ3n) is 4.28. The van der Waals surface area contributed by atoms with Crippen molar-refractivity contribution < 1.29 is 14.9 Å². The average molecular weight is 279 g/mol. The molecule has 0 saturated heterocycles. The highest BCUT2D eigenvalue weighted by molar-refractivity contribution is 5.33. The maximum atomic E-state index is 11.2. The van der Waals surface area contributed by atoms with Gasteiger partial charge in [0.15, 0.2) is 0 Å². The molecule has 112 valence electrons. The average Bonchev–Trinajstić information content (AvgIpc) is 2.46. The Balaban J connectivity index is 2.29. The van der Waals surface area contributed by atoms with Crippen LogP contribution in [0.2, 0.25) is 0 Å². The van der Waals surface area contributed by atoms with Gasteiger partial charge >= 0.3 is 0 Å². The molecule has 1 aromatic carbocycles. The predicted octanol–water partition coefficient (Wildman–Crippen LogP) is 1.65. The summed E-state index contributed by atoms with van der Waals surface area (Å²) in [5.41, 5.74) is -0.160. The number of rotatable bonds is 5. The van der Waals surface area contributed by atoms with Crippen molar-refractivity contribution in [3.63, 3.8) is 0 Å². The van der Waals surface area contributed by atoms with Crippen LogP contribution >= 0.6 is 0 Å². The van der Waals surface area contributed by atoms with Gasteiger partial charge in [0.1, 0.15) is 5.75 Å². The summed E-state index contributed by atoms with van der Waals surface area (Å²) in [6.45, 7) is 3.70. The lowest BCUT2D eigenvalue weighted by Crippen LogP contribution is -2.46. The van der Waals surface area contributed by atoms with E-state index in [1.807, 2.05) is 24.3 Å². The zero-order valence-corrected chi connectivity index (χ0v) is 12.3. The Morgan fingerprint density at radius 3 is 2.90 bits per heavy atom. The van der Waals surface area contributed by atoms with Crippen LogP contribution in [0.15, 0.2) is 24.3 Å². The zero-order valence-electron chi connectivity index (χ0n) is 12.3. The molecule has 0 heterocycles. The fraction of sp³-hybridized carbons (Fsp3) is 0.625. The highest BCUT2D eigenvalue weighted by atomic mass is 16.5. The van der Waals surface area contributed by atoms with Crippen molar-refractivity contribution >= 4 is 0 Å². The Morgan fingerprint density at radius 2 is 2.20 bits per heavy atom. The van der Waals surface area contributed by atoms with Gasteiger partial charge in [-0.3, -0.25) is 0 Å². The van der Waals surface area contributed by atoms with Gasteiger partial charge in [-0.15, -0.1) is 0 Å². The number of methoxy groups -OCH3 is 1. The summed E-state index contributed by atoms with van der Waals surface area (Å²) in [6.07, 6.45) is 1.52. The Labute approximate surface area is 120 Å². The second-order valence-electron chi connectivity index (χ2n) is 5.60. The fourth-order valence-corrected chi connectivity index (χ4v) is 3.10. The Morgan fingerprint density at radius 1 is 1.40 bits per heavy atom. The van der Waals surface area contributed by atoms with E-state index < -0.39 is 11.7 Å². The van der Waals surface area contributed by atoms with Crippen molar-refractivity contribution in [1.82, 2.24) is 5.32 Å². The van der Waals surface area contributed by atoms with Crippen LogP contribution in [0.25, 0.3) is 0 Å². The second-order valence-corrected chi connectivity index (χ2v) is 5.60. The highest BCUT2D eigenvalue weighted by Crippen LogP contribution is 2.42. The minimum Gasteiger partial charge on any atom is -0.497 e. The molecular formula is C16H25NO3. The molecule has 0 bridgehead atoms. The number of nitrogens with one attached hydrogen (secondary N) is 1. The molecule has 3 N–H and O–H groups in total. The SMILES string of the molecule is CCNCC1CCC(O)CC1(O)c1cccc(OC)c1. The second kappa shape index (κ2) is 6.57. The Bertz CT molecular complexity index is 435. The summed E-state index contributed by atoms with van der Waals surface area (Å²) in [7, 11) is 1.62. The van der Waals surface area contributed by atoms with Crippen molar-refractivity contribution in [2.45, 2.75) is 37.9 Å². The van der Waals surface area contributed by atoms with Crippen LogP contribution in [0.1, 0.15) is 31.7 Å². The maximum Gasteiger partial charge on any atom is 0.119 e. The summed E-state index contributed by atoms with van der Waals surface area (Å²) < 4.78 is 5.24. The minimum absolute atomic E-state index is 0.109. The first kappa shape index (κ1) is 15.3. The summed E-state index contributed by atoms with van der Waals surface area (Å²) in [6, 6.07) is 7.54. The van der Waals surface area contributed by atoms with Crippen LogP contribution in [0.3, 0.4) is 0 Å². The topological polar surface area (TPSA) is 61.7 Å². The summed E-state index contributed by atoms with van der Waals surface area (Å²) in [5.74, 6) is 0.844. The van der Waals surface area contributed by atoms with E-state index in [4.69, 9.17) is 4.74 Å². The molecular weight excluding hydrogens is 254 g/mol. The van der Waals surface area contributed by atoms with Crippen molar-refractivity contribution in [2.75, 3.05) is 20.2 Å². The van der Waals surface area contributed by atoms with Crippen molar-refractivity contribution in [3.8, 4) is 5.75 Å². The molecule has 3 unspecified atom stereocenters. The molecule has 0 radical (unpaired) electrons. The number of aliphatic hydroxyl groups is 2. The van der Waals surface area contributed by atoms with Crippen LogP contribution in [0.5, 0.6) is 5.75 Å². The number of hydrogen-bond acceptors (Lipinski definition) is 4. The van der Waals surface area contributed by atoms with Gasteiger partial charge in [-0.1, -0.05) is 19.1 Å². The van der Waals surface area contributed by atoms with Crippen LogP contribution < -0.4 is 10.1 Å². The number of benzene rings is 1. The maximum absolute atomic E-state index is 11.2. The van der Waals surface area contributed by atoms with Gasteiger partial charge in [0.05, 0.1) is 18.8 Å². The lowest BCUT2D eigenvalue weighted by atomic mass is 9.70. The van der Waals surface area contributed by atoms with E-state index in [0.717, 1.165) is 37.2 Å². The van der Waals surface area contributed by atoms with Gasteiger partial charge in [0, 0.05) is 18.9 Å². The Hall–Kier alpha value is -1.10. The minimum atomic E-state index is -0.992. The number of ether oxygens (including phenoxy) is 1. The molecule has 2 rings (SSSR count). The molecule has 4 nitrogen and oxygen atoms in total. The van der Waals surface area contributed by atoms with Gasteiger partial charge in [0.25, 0.3) is 0 Å². The molecule has 20 heavy (non-hydrogen) atoms. The van der Waals surface area contributed by atoms with E-state index in [0.29, 0.717) is 6.42 Å². The third kappa shape index (κ3) is 3.14. The largest absolute Gasteiger partial charge is 0.497 e. The van der Waals surface area contributed by atoms with Gasteiger partial charge in [-0.05, 0) is 37.1 Å². The molecule has 0 spiro atoms. The molecule has 1 fully saturated rings. The van der Waals surface area contributed by atoms with E-state index in [1.165, 1.54) is 0 Å².